The lowest BCUT2D eigenvalue weighted by atomic mass is 10.2. The van der Waals surface area contributed by atoms with E-state index < -0.39 is 0 Å². The van der Waals surface area contributed by atoms with E-state index in [0.717, 1.165) is 47.5 Å². The first-order valence-corrected chi connectivity index (χ1v) is 7.17. The minimum absolute atomic E-state index is 0.371. The zero-order chi connectivity index (χ0) is 13.4. The van der Waals surface area contributed by atoms with Crippen LogP contribution >= 0.6 is 0 Å². The van der Waals surface area contributed by atoms with Crippen molar-refractivity contribution in [3.8, 4) is 0 Å². The van der Waals surface area contributed by atoms with Crippen LogP contribution in [0.4, 0.5) is 5.82 Å². The van der Waals surface area contributed by atoms with Gasteiger partial charge < -0.3 is 10.3 Å². The third-order valence-corrected chi connectivity index (χ3v) is 3.47. The summed E-state index contributed by atoms with van der Waals surface area (Å²) in [4.78, 5) is 17.2. The lowest BCUT2D eigenvalue weighted by Crippen LogP contribution is -2.05. The molecule has 1 fully saturated rings. The molecule has 0 spiro atoms. The van der Waals surface area contributed by atoms with E-state index in [-0.39, 0.29) is 0 Å². The molecule has 102 valence electrons. The lowest BCUT2D eigenvalue weighted by molar-refractivity contribution is 0.774. The van der Waals surface area contributed by atoms with Gasteiger partial charge in [0.25, 0.3) is 0 Å². The number of nitrogens with zero attached hydrogens (tertiary/aromatic N) is 3. The van der Waals surface area contributed by atoms with E-state index in [0.29, 0.717) is 5.92 Å². The molecule has 0 atom stereocenters. The highest BCUT2D eigenvalue weighted by Gasteiger charge is 2.24. The van der Waals surface area contributed by atoms with Crippen molar-refractivity contribution in [2.45, 2.75) is 46.0 Å². The number of nitrogens with one attached hydrogen (secondary N) is 2. The highest BCUT2D eigenvalue weighted by Crippen LogP contribution is 2.32. The van der Waals surface area contributed by atoms with Gasteiger partial charge in [-0.1, -0.05) is 13.8 Å². The van der Waals surface area contributed by atoms with Gasteiger partial charge in [-0.2, -0.15) is 0 Å². The molecule has 2 aromatic heterocycles. The van der Waals surface area contributed by atoms with Gasteiger partial charge in [-0.3, -0.25) is 0 Å². The summed E-state index contributed by atoms with van der Waals surface area (Å²) in [5, 5.41) is 3.31. The van der Waals surface area contributed by atoms with Gasteiger partial charge in [0.2, 0.25) is 0 Å². The van der Waals surface area contributed by atoms with Crippen molar-refractivity contribution in [2.75, 3.05) is 11.9 Å². The Labute approximate surface area is 113 Å². The fraction of sp³-hybridized carbons (Fsp3) is 0.643. The highest BCUT2D eigenvalue weighted by atomic mass is 15.1. The molecule has 2 aromatic rings. The zero-order valence-electron chi connectivity index (χ0n) is 11.8. The van der Waals surface area contributed by atoms with Gasteiger partial charge in [-0.25, -0.2) is 15.0 Å². The van der Waals surface area contributed by atoms with Crippen molar-refractivity contribution in [1.82, 2.24) is 19.9 Å². The Kier molecular flexibility index (Phi) is 3.12. The monoisotopic (exact) mass is 259 g/mol. The van der Waals surface area contributed by atoms with Crippen molar-refractivity contribution in [3.63, 3.8) is 0 Å². The Morgan fingerprint density at radius 2 is 2.05 bits per heavy atom. The normalized spacial score (nSPS) is 15.4. The fourth-order valence-corrected chi connectivity index (χ4v) is 2.20. The summed E-state index contributed by atoms with van der Waals surface area (Å²) in [5.41, 5.74) is 1.73. The smallest absolute Gasteiger partial charge is 0.183 e. The van der Waals surface area contributed by atoms with Crippen LogP contribution in [0.5, 0.6) is 0 Å². The number of aromatic nitrogens is 4. The Morgan fingerprint density at radius 3 is 2.68 bits per heavy atom. The predicted octanol–water partition coefficient (Wildman–Crippen LogP) is 2.86. The second-order valence-electron chi connectivity index (χ2n) is 5.64. The maximum atomic E-state index is 4.65. The zero-order valence-corrected chi connectivity index (χ0v) is 11.8. The number of hydrogen-bond donors (Lipinski definition) is 2. The summed E-state index contributed by atoms with van der Waals surface area (Å²) in [6.07, 6.45) is 3.61. The summed E-state index contributed by atoms with van der Waals surface area (Å²) >= 11 is 0. The number of H-pyrrole nitrogens is 1. The molecular weight excluding hydrogens is 238 g/mol. The first-order valence-electron chi connectivity index (χ1n) is 7.17. The number of hydrogen-bond acceptors (Lipinski definition) is 4. The van der Waals surface area contributed by atoms with Crippen LogP contribution < -0.4 is 5.32 Å². The molecule has 0 bridgehead atoms. The van der Waals surface area contributed by atoms with Crippen molar-refractivity contribution in [1.29, 1.82) is 0 Å². The van der Waals surface area contributed by atoms with Crippen molar-refractivity contribution in [3.05, 3.63) is 11.6 Å². The maximum absolute atomic E-state index is 4.65. The summed E-state index contributed by atoms with van der Waals surface area (Å²) in [6.45, 7) is 7.19. The molecule has 0 aromatic carbocycles. The van der Waals surface area contributed by atoms with Crippen molar-refractivity contribution in [2.24, 2.45) is 5.92 Å². The number of rotatable bonds is 5. The molecule has 3 rings (SSSR count). The van der Waals surface area contributed by atoms with E-state index in [2.05, 4.69) is 46.0 Å². The van der Waals surface area contributed by atoms with Crippen LogP contribution in [0.1, 0.15) is 51.2 Å². The van der Waals surface area contributed by atoms with Crippen molar-refractivity contribution < 1.29 is 0 Å². The lowest BCUT2D eigenvalue weighted by Gasteiger charge is -2.05. The predicted molar refractivity (Wildman–Crippen MR) is 76.4 cm³/mol. The van der Waals surface area contributed by atoms with E-state index in [1.807, 2.05) is 0 Å². The fourth-order valence-electron chi connectivity index (χ4n) is 2.20. The van der Waals surface area contributed by atoms with Crippen LogP contribution in [-0.4, -0.2) is 26.5 Å². The molecular formula is C14H21N5. The van der Waals surface area contributed by atoms with Gasteiger partial charge in [0.05, 0.1) is 0 Å². The topological polar surface area (TPSA) is 66.5 Å². The Balaban J connectivity index is 2.04. The van der Waals surface area contributed by atoms with Crippen LogP contribution in [0.3, 0.4) is 0 Å². The molecule has 0 radical (unpaired) electrons. The minimum Gasteiger partial charge on any atom is -0.368 e. The molecule has 19 heavy (non-hydrogen) atoms. The first kappa shape index (κ1) is 12.4. The van der Waals surface area contributed by atoms with Gasteiger partial charge in [-0.05, 0) is 25.7 Å². The van der Waals surface area contributed by atoms with Gasteiger partial charge in [0.1, 0.15) is 17.2 Å². The van der Waals surface area contributed by atoms with Gasteiger partial charge in [0.15, 0.2) is 11.5 Å². The molecule has 1 aliphatic carbocycles. The van der Waals surface area contributed by atoms with Crippen LogP contribution in [0.15, 0.2) is 0 Å². The number of fused-ring (bicyclic) bond motifs is 1. The number of imidazole rings is 1. The summed E-state index contributed by atoms with van der Waals surface area (Å²) in [7, 11) is 0. The largest absolute Gasteiger partial charge is 0.368 e. The summed E-state index contributed by atoms with van der Waals surface area (Å²) < 4.78 is 0. The second kappa shape index (κ2) is 4.79. The van der Waals surface area contributed by atoms with E-state index in [1.54, 1.807) is 0 Å². The first-order chi connectivity index (χ1) is 9.17. The number of aromatic amines is 1. The van der Waals surface area contributed by atoms with Gasteiger partial charge >= 0.3 is 0 Å². The average Bonchev–Trinajstić information content (AvgIpc) is 3.05. The Hall–Kier alpha value is -1.65. The Bertz CT molecular complexity index is 583. The molecule has 5 heteroatoms. The third-order valence-electron chi connectivity index (χ3n) is 3.47. The van der Waals surface area contributed by atoms with Crippen LogP contribution in [0, 0.1) is 5.92 Å². The molecule has 0 amide bonds. The molecule has 5 nitrogen and oxygen atoms in total. The van der Waals surface area contributed by atoms with Crippen LogP contribution in [0.25, 0.3) is 11.2 Å². The standard InChI is InChI=1S/C14H21N5/c1-4-15-13-11-14(19-12(18-11)8(2)3)17-10(16-13)7-9-5-6-9/h8-9H,4-7H2,1-3H3,(H2,15,16,17,18,19). The quantitative estimate of drug-likeness (QED) is 0.866. The van der Waals surface area contributed by atoms with Crippen LogP contribution in [-0.2, 0) is 6.42 Å². The van der Waals surface area contributed by atoms with Crippen LogP contribution in [0.2, 0.25) is 0 Å². The summed E-state index contributed by atoms with van der Waals surface area (Å²) in [6, 6.07) is 0. The maximum Gasteiger partial charge on any atom is 0.183 e. The summed E-state index contributed by atoms with van der Waals surface area (Å²) in [5.74, 6) is 3.95. The van der Waals surface area contributed by atoms with Gasteiger partial charge in [-0.15, -0.1) is 0 Å². The highest BCUT2D eigenvalue weighted by molar-refractivity contribution is 5.83. The van der Waals surface area contributed by atoms with E-state index in [9.17, 15) is 0 Å². The molecule has 1 saturated carbocycles. The molecule has 2 N–H and O–H groups in total. The third kappa shape index (κ3) is 2.55. The van der Waals surface area contributed by atoms with E-state index >= 15 is 0 Å². The molecule has 0 aliphatic heterocycles. The molecule has 2 heterocycles. The van der Waals surface area contributed by atoms with E-state index in [1.165, 1.54) is 12.8 Å². The SMILES string of the molecule is CCNc1nc(CC2CC2)nc2nc(C(C)C)[nH]c12. The molecule has 0 saturated heterocycles. The molecule has 0 unspecified atom stereocenters. The van der Waals surface area contributed by atoms with E-state index in [4.69, 9.17) is 0 Å². The van der Waals surface area contributed by atoms with Crippen molar-refractivity contribution >= 4 is 17.0 Å². The minimum atomic E-state index is 0.371. The Morgan fingerprint density at radius 1 is 1.26 bits per heavy atom. The number of anilines is 1. The average molecular weight is 259 g/mol. The van der Waals surface area contributed by atoms with Gasteiger partial charge in [0, 0.05) is 18.9 Å². The second-order valence-corrected chi connectivity index (χ2v) is 5.64. The molecule has 1 aliphatic rings.